The summed E-state index contributed by atoms with van der Waals surface area (Å²) in [5.74, 6) is -0.0939. The number of epoxide rings is 1. The molecule has 1 saturated carbocycles. The van der Waals surface area contributed by atoms with E-state index in [1.807, 2.05) is 0 Å². The maximum atomic E-state index is 12.2. The zero-order valence-electron chi connectivity index (χ0n) is 14.8. The van der Waals surface area contributed by atoms with Gasteiger partial charge in [0.15, 0.2) is 0 Å². The number of carbonyl (C=O) groups is 2. The van der Waals surface area contributed by atoms with Crippen molar-refractivity contribution >= 4 is 12.0 Å². The number of rotatable bonds is 4. The second-order valence-corrected chi connectivity index (χ2v) is 6.73. The molecule has 2 aliphatic heterocycles. The number of carbonyl (C=O) groups excluding carboxylic acids is 2. The van der Waals surface area contributed by atoms with Gasteiger partial charge in [-0.2, -0.15) is 0 Å². The van der Waals surface area contributed by atoms with Gasteiger partial charge in [0.1, 0.15) is 25.0 Å². The molecule has 3 aliphatic rings. The molecule has 142 valence electrons. The molecule has 3 fully saturated rings. The number of ether oxygens (including phenoxy) is 2. The Bertz CT molecular complexity index is 436. The van der Waals surface area contributed by atoms with Crippen LogP contribution in [0.1, 0.15) is 61.6 Å². The van der Waals surface area contributed by atoms with Crippen molar-refractivity contribution < 1.29 is 21.9 Å². The lowest BCUT2D eigenvalue weighted by Crippen LogP contribution is -2.45. The second-order valence-electron chi connectivity index (χ2n) is 6.73. The molecule has 7 heteroatoms. The molecule has 1 aliphatic carbocycles. The van der Waals surface area contributed by atoms with Gasteiger partial charge in [0, 0.05) is 9.40 Å². The molecule has 0 aromatic heterocycles. The Hall–Kier alpha value is -1.34. The zero-order valence-corrected chi connectivity index (χ0v) is 14.8. The van der Waals surface area contributed by atoms with Crippen molar-refractivity contribution in [1.29, 1.82) is 0 Å². The van der Waals surface area contributed by atoms with E-state index in [-0.39, 0.29) is 39.8 Å². The summed E-state index contributed by atoms with van der Waals surface area (Å²) in [5, 5.41) is 2.55. The highest BCUT2D eigenvalue weighted by atomic mass is 16.6. The molecule has 3 atom stereocenters. The van der Waals surface area contributed by atoms with E-state index < -0.39 is 6.09 Å². The molecule has 0 spiro atoms. The molecule has 2 heterocycles. The number of nitrogens with one attached hydrogen (secondary N) is 1. The average Bonchev–Trinajstić information content (AvgIpc) is 3.00. The van der Waals surface area contributed by atoms with Crippen LogP contribution in [0.5, 0.6) is 0 Å². The molecular weight excluding hydrogens is 310 g/mol. The molecule has 0 bridgehead atoms. The molecule has 0 aromatic rings. The first-order valence-electron chi connectivity index (χ1n) is 9.21. The van der Waals surface area contributed by atoms with E-state index in [0.717, 1.165) is 38.5 Å². The molecular formula is C17H35N3O4. The van der Waals surface area contributed by atoms with Crippen molar-refractivity contribution in [2.24, 2.45) is 5.73 Å². The van der Waals surface area contributed by atoms with Crippen molar-refractivity contribution in [2.45, 2.75) is 83.3 Å². The van der Waals surface area contributed by atoms with Gasteiger partial charge < -0.3 is 25.4 Å². The van der Waals surface area contributed by atoms with Gasteiger partial charge in [-0.3, -0.25) is 4.79 Å². The van der Waals surface area contributed by atoms with Crippen molar-refractivity contribution in [3.8, 4) is 0 Å². The van der Waals surface area contributed by atoms with Gasteiger partial charge in [0.05, 0.1) is 6.04 Å². The number of likely N-dealkylation sites (tertiary alicyclic amines) is 1. The molecule has 2 amide bonds. The fourth-order valence-electron chi connectivity index (χ4n) is 3.34. The average molecular weight is 345 g/mol. The van der Waals surface area contributed by atoms with Gasteiger partial charge in [-0.25, -0.2) is 4.79 Å². The first-order chi connectivity index (χ1) is 11.6. The SMILES string of the molecule is CCC.NC1OC1C1CCCN1C(=O)CNC(=O)OC1CCCC1.[HH].[HH]. The van der Waals surface area contributed by atoms with Crippen LogP contribution in [0.4, 0.5) is 4.79 Å². The lowest BCUT2D eigenvalue weighted by molar-refractivity contribution is -0.131. The highest BCUT2D eigenvalue weighted by Gasteiger charge is 2.47. The predicted molar refractivity (Wildman–Crippen MR) is 94.5 cm³/mol. The normalized spacial score (nSPS) is 29.0. The summed E-state index contributed by atoms with van der Waals surface area (Å²) in [6.07, 6.45) is 6.40. The molecule has 3 unspecified atom stereocenters. The van der Waals surface area contributed by atoms with E-state index >= 15 is 0 Å². The van der Waals surface area contributed by atoms with E-state index in [4.69, 9.17) is 15.2 Å². The van der Waals surface area contributed by atoms with Crippen LogP contribution in [-0.4, -0.2) is 54.5 Å². The predicted octanol–water partition coefficient (Wildman–Crippen LogP) is 2.24. The van der Waals surface area contributed by atoms with Crippen LogP contribution in [-0.2, 0) is 14.3 Å². The summed E-state index contributed by atoms with van der Waals surface area (Å²) in [4.78, 5) is 25.6. The third-order valence-electron chi connectivity index (χ3n) is 4.52. The highest BCUT2D eigenvalue weighted by Crippen LogP contribution is 2.31. The first-order valence-corrected chi connectivity index (χ1v) is 9.21. The second kappa shape index (κ2) is 9.22. The molecule has 3 rings (SSSR count). The summed E-state index contributed by atoms with van der Waals surface area (Å²) in [5.41, 5.74) is 5.67. The molecule has 2 saturated heterocycles. The minimum atomic E-state index is -0.495. The van der Waals surface area contributed by atoms with Crippen LogP contribution in [0.25, 0.3) is 0 Å². The summed E-state index contributed by atoms with van der Waals surface area (Å²) < 4.78 is 10.5. The molecule has 3 N–H and O–H groups in total. The maximum Gasteiger partial charge on any atom is 0.407 e. The summed E-state index contributed by atoms with van der Waals surface area (Å²) in [7, 11) is 0. The topological polar surface area (TPSA) is 97.2 Å². The van der Waals surface area contributed by atoms with Gasteiger partial charge in [0.25, 0.3) is 0 Å². The Morgan fingerprint density at radius 3 is 2.46 bits per heavy atom. The lowest BCUT2D eigenvalue weighted by Gasteiger charge is -2.23. The minimum Gasteiger partial charge on any atom is -0.446 e. The summed E-state index contributed by atoms with van der Waals surface area (Å²) >= 11 is 0. The van der Waals surface area contributed by atoms with E-state index in [0.29, 0.717) is 6.54 Å². The van der Waals surface area contributed by atoms with E-state index in [1.54, 1.807) is 4.90 Å². The van der Waals surface area contributed by atoms with E-state index in [9.17, 15) is 9.59 Å². The fraction of sp³-hybridized carbons (Fsp3) is 0.882. The summed E-state index contributed by atoms with van der Waals surface area (Å²) in [6, 6.07) is 0.0557. The monoisotopic (exact) mass is 345 g/mol. The molecule has 0 radical (unpaired) electrons. The van der Waals surface area contributed by atoms with E-state index in [1.165, 1.54) is 6.42 Å². The van der Waals surface area contributed by atoms with Gasteiger partial charge in [-0.1, -0.05) is 20.3 Å². The highest BCUT2D eigenvalue weighted by molar-refractivity contribution is 5.82. The van der Waals surface area contributed by atoms with Crippen LogP contribution < -0.4 is 11.1 Å². The third-order valence-corrected chi connectivity index (χ3v) is 4.52. The van der Waals surface area contributed by atoms with Gasteiger partial charge in [-0.15, -0.1) is 0 Å². The number of hydrogen-bond donors (Lipinski definition) is 2. The molecule has 7 nitrogen and oxygen atoms in total. The first kappa shape index (κ1) is 19.0. The minimum absolute atomic E-state index is 0. The van der Waals surface area contributed by atoms with Crippen LogP contribution in [0.15, 0.2) is 0 Å². The lowest BCUT2D eigenvalue weighted by atomic mass is 10.1. The standard InChI is InChI=1S/C14H23N3O4.C3H8.2H2/c15-13-12(21-13)10-6-3-7-17(10)11(18)8-16-14(19)20-9-4-1-2-5-9;1-3-2;;/h9-10,12-13H,1-8,15H2,(H,16,19);3H2,1-2H3;2*1H. The zero-order chi connectivity index (χ0) is 17.5. The largest absolute Gasteiger partial charge is 0.446 e. The van der Waals surface area contributed by atoms with Gasteiger partial charge in [-0.05, 0) is 38.5 Å². The van der Waals surface area contributed by atoms with Gasteiger partial charge >= 0.3 is 6.09 Å². The van der Waals surface area contributed by atoms with Crippen molar-refractivity contribution in [1.82, 2.24) is 10.2 Å². The van der Waals surface area contributed by atoms with Crippen molar-refractivity contribution in [2.75, 3.05) is 13.1 Å². The number of nitrogens with two attached hydrogens (primary N) is 1. The fourth-order valence-corrected chi connectivity index (χ4v) is 3.34. The van der Waals surface area contributed by atoms with Crippen LogP contribution >= 0.6 is 0 Å². The van der Waals surface area contributed by atoms with Crippen LogP contribution in [0.3, 0.4) is 0 Å². The third kappa shape index (κ3) is 5.34. The Morgan fingerprint density at radius 1 is 1.25 bits per heavy atom. The van der Waals surface area contributed by atoms with Crippen molar-refractivity contribution in [3.05, 3.63) is 0 Å². The Balaban J connectivity index is 0.00000117. The number of hydrogen-bond acceptors (Lipinski definition) is 5. The Kier molecular flexibility index (Phi) is 7.30. The Morgan fingerprint density at radius 2 is 1.88 bits per heavy atom. The van der Waals surface area contributed by atoms with E-state index in [2.05, 4.69) is 19.2 Å². The molecule has 24 heavy (non-hydrogen) atoms. The number of alkyl carbamates (subject to hydrolysis) is 1. The van der Waals surface area contributed by atoms with Crippen LogP contribution in [0, 0.1) is 0 Å². The Labute approximate surface area is 147 Å². The maximum absolute atomic E-state index is 12.2. The summed E-state index contributed by atoms with van der Waals surface area (Å²) in [6.45, 7) is 4.93. The number of amides is 2. The van der Waals surface area contributed by atoms with Crippen molar-refractivity contribution in [3.63, 3.8) is 0 Å². The quantitative estimate of drug-likeness (QED) is 0.762. The van der Waals surface area contributed by atoms with Crippen LogP contribution in [0.2, 0.25) is 0 Å². The molecule has 0 aromatic carbocycles. The van der Waals surface area contributed by atoms with Gasteiger partial charge in [0.2, 0.25) is 5.91 Å². The smallest absolute Gasteiger partial charge is 0.407 e. The number of nitrogens with zero attached hydrogens (tertiary/aromatic N) is 1.